The van der Waals surface area contributed by atoms with Crippen LogP contribution in [0.2, 0.25) is 5.02 Å². The van der Waals surface area contributed by atoms with Crippen molar-refractivity contribution in [3.05, 3.63) is 45.2 Å². The van der Waals surface area contributed by atoms with Gasteiger partial charge in [-0.25, -0.2) is 4.98 Å². The Morgan fingerprint density at radius 3 is 3.00 bits per heavy atom. The van der Waals surface area contributed by atoms with E-state index in [4.69, 9.17) is 11.6 Å². The smallest absolute Gasteiger partial charge is 0.370 e. The molecule has 0 aromatic carbocycles. The molecular weight excluding hydrogens is 282 g/mol. The van der Waals surface area contributed by atoms with E-state index in [0.717, 1.165) is 24.3 Å². The maximum atomic E-state index is 10.7. The van der Waals surface area contributed by atoms with E-state index in [2.05, 4.69) is 22.3 Å². The Hall–Kier alpha value is -2.15. The van der Waals surface area contributed by atoms with E-state index >= 15 is 0 Å². The highest BCUT2D eigenvalue weighted by atomic mass is 35.5. The number of anilines is 1. The van der Waals surface area contributed by atoms with Gasteiger partial charge < -0.3 is 15.4 Å². The molecule has 20 heavy (non-hydrogen) atoms. The normalized spacial score (nSPS) is 10.5. The Bertz CT molecular complexity index is 614. The second-order valence-electron chi connectivity index (χ2n) is 4.19. The number of halogens is 1. The highest BCUT2D eigenvalue weighted by molar-refractivity contribution is 6.32. The van der Waals surface area contributed by atoms with Crippen LogP contribution in [-0.2, 0) is 6.54 Å². The van der Waals surface area contributed by atoms with Gasteiger partial charge in [-0.05, 0) is 17.4 Å². The number of pyridine rings is 1. The van der Waals surface area contributed by atoms with Crippen LogP contribution in [0, 0.1) is 10.1 Å². The van der Waals surface area contributed by atoms with E-state index in [9.17, 15) is 10.1 Å². The average Bonchev–Trinajstić information content (AvgIpc) is 2.79. The molecule has 0 aliphatic rings. The van der Waals surface area contributed by atoms with Crippen molar-refractivity contribution < 1.29 is 4.92 Å². The second kappa shape index (κ2) is 6.33. The average molecular weight is 296 g/mol. The first-order valence-corrected chi connectivity index (χ1v) is 6.54. The van der Waals surface area contributed by atoms with Crippen molar-refractivity contribution in [2.24, 2.45) is 0 Å². The molecule has 0 spiro atoms. The number of nitro groups is 1. The summed E-state index contributed by atoms with van der Waals surface area (Å²) in [5.74, 6) is 0.419. The third kappa shape index (κ3) is 3.24. The van der Waals surface area contributed by atoms with Crippen molar-refractivity contribution in [1.82, 2.24) is 14.8 Å². The highest BCUT2D eigenvalue weighted by Crippen LogP contribution is 2.22. The van der Waals surface area contributed by atoms with E-state index in [1.807, 2.05) is 12.1 Å². The zero-order chi connectivity index (χ0) is 14.5. The zero-order valence-corrected chi connectivity index (χ0v) is 11.7. The summed E-state index contributed by atoms with van der Waals surface area (Å²) in [6, 6.07) is 3.71. The number of rotatable bonds is 6. The molecule has 0 aliphatic heterocycles. The lowest BCUT2D eigenvalue weighted by Crippen LogP contribution is -2.08. The third-order valence-corrected chi connectivity index (χ3v) is 2.90. The van der Waals surface area contributed by atoms with Gasteiger partial charge in [-0.2, -0.15) is 4.68 Å². The summed E-state index contributed by atoms with van der Waals surface area (Å²) in [7, 11) is 0. The van der Waals surface area contributed by atoms with Gasteiger partial charge in [0, 0.05) is 18.3 Å². The standard InChI is InChI=1S/C12H14ClN5O2/c1-2-5-14-11-9(4-3-6-15-11)7-17-8-10(13)12(16-17)18(19)20/h3-4,6,8H,2,5,7H2,1H3,(H,14,15). The van der Waals surface area contributed by atoms with Crippen molar-refractivity contribution in [3.8, 4) is 0 Å². The quantitative estimate of drug-likeness (QED) is 0.654. The molecule has 0 amide bonds. The summed E-state index contributed by atoms with van der Waals surface area (Å²) in [6.45, 7) is 3.24. The molecule has 0 atom stereocenters. The zero-order valence-electron chi connectivity index (χ0n) is 10.9. The van der Waals surface area contributed by atoms with Crippen LogP contribution >= 0.6 is 11.6 Å². The van der Waals surface area contributed by atoms with E-state index in [-0.39, 0.29) is 10.8 Å². The maximum absolute atomic E-state index is 10.7. The van der Waals surface area contributed by atoms with Gasteiger partial charge >= 0.3 is 5.82 Å². The Kier molecular flexibility index (Phi) is 4.52. The monoisotopic (exact) mass is 295 g/mol. The Balaban J connectivity index is 2.21. The predicted molar refractivity (Wildman–Crippen MR) is 76.0 cm³/mol. The molecule has 8 heteroatoms. The number of nitrogens with zero attached hydrogens (tertiary/aromatic N) is 4. The van der Waals surface area contributed by atoms with Crippen molar-refractivity contribution in [1.29, 1.82) is 0 Å². The lowest BCUT2D eigenvalue weighted by Gasteiger charge is -2.08. The summed E-state index contributed by atoms with van der Waals surface area (Å²) < 4.78 is 1.44. The molecule has 0 aliphatic carbocycles. The van der Waals surface area contributed by atoms with Gasteiger partial charge in [0.25, 0.3) is 0 Å². The molecule has 0 radical (unpaired) electrons. The first kappa shape index (κ1) is 14.3. The third-order valence-electron chi connectivity index (χ3n) is 2.64. The van der Waals surface area contributed by atoms with Gasteiger partial charge in [0.05, 0.1) is 17.8 Å². The number of aromatic nitrogens is 3. The first-order valence-electron chi connectivity index (χ1n) is 6.17. The molecular formula is C12H14ClN5O2. The van der Waals surface area contributed by atoms with Gasteiger partial charge in [-0.3, -0.25) is 0 Å². The fourth-order valence-corrected chi connectivity index (χ4v) is 1.95. The number of hydrogen-bond donors (Lipinski definition) is 1. The molecule has 7 nitrogen and oxygen atoms in total. The Morgan fingerprint density at radius 1 is 1.55 bits per heavy atom. The minimum atomic E-state index is -0.599. The highest BCUT2D eigenvalue weighted by Gasteiger charge is 2.19. The van der Waals surface area contributed by atoms with Crippen molar-refractivity contribution in [3.63, 3.8) is 0 Å². The first-order chi connectivity index (χ1) is 9.61. The molecule has 0 unspecified atom stereocenters. The Morgan fingerprint density at radius 2 is 2.35 bits per heavy atom. The minimum Gasteiger partial charge on any atom is -0.370 e. The second-order valence-corrected chi connectivity index (χ2v) is 4.60. The molecule has 1 N–H and O–H groups in total. The van der Waals surface area contributed by atoms with Crippen LogP contribution in [-0.4, -0.2) is 26.2 Å². The maximum Gasteiger partial charge on any atom is 0.408 e. The molecule has 0 saturated carbocycles. The summed E-state index contributed by atoms with van der Waals surface area (Å²) in [4.78, 5) is 14.4. The molecule has 0 bridgehead atoms. The topological polar surface area (TPSA) is 85.9 Å². The SMILES string of the molecule is CCCNc1ncccc1Cn1cc(Cl)c([N+](=O)[O-])n1. The van der Waals surface area contributed by atoms with Crippen molar-refractivity contribution in [2.45, 2.75) is 19.9 Å². The van der Waals surface area contributed by atoms with Gasteiger partial charge in [0.1, 0.15) is 5.82 Å². The fraction of sp³-hybridized carbons (Fsp3) is 0.333. The number of hydrogen-bond acceptors (Lipinski definition) is 5. The molecule has 106 valence electrons. The van der Waals surface area contributed by atoms with Crippen LogP contribution < -0.4 is 5.32 Å². The summed E-state index contributed by atoms with van der Waals surface area (Å²) >= 11 is 5.77. The van der Waals surface area contributed by atoms with Crippen LogP contribution in [0.1, 0.15) is 18.9 Å². The van der Waals surface area contributed by atoms with Gasteiger partial charge in [-0.1, -0.05) is 24.6 Å². The lowest BCUT2D eigenvalue weighted by atomic mass is 10.2. The van der Waals surface area contributed by atoms with Gasteiger partial charge in [0.15, 0.2) is 5.02 Å². The van der Waals surface area contributed by atoms with Crippen LogP contribution in [0.4, 0.5) is 11.6 Å². The molecule has 2 aromatic rings. The molecule has 2 rings (SSSR count). The summed E-state index contributed by atoms with van der Waals surface area (Å²) in [6.07, 6.45) is 4.12. The molecule has 2 aromatic heterocycles. The van der Waals surface area contributed by atoms with Crippen molar-refractivity contribution >= 4 is 23.2 Å². The largest absolute Gasteiger partial charge is 0.408 e. The van der Waals surface area contributed by atoms with E-state index in [1.54, 1.807) is 6.20 Å². The van der Waals surface area contributed by atoms with Crippen LogP contribution in [0.5, 0.6) is 0 Å². The van der Waals surface area contributed by atoms with Crippen LogP contribution in [0.15, 0.2) is 24.5 Å². The van der Waals surface area contributed by atoms with Crippen LogP contribution in [0.3, 0.4) is 0 Å². The summed E-state index contributed by atoms with van der Waals surface area (Å²) in [5.41, 5.74) is 0.898. The van der Waals surface area contributed by atoms with E-state index in [0.29, 0.717) is 6.54 Å². The van der Waals surface area contributed by atoms with Gasteiger partial charge in [-0.15, -0.1) is 0 Å². The Labute approximate surface area is 120 Å². The van der Waals surface area contributed by atoms with Crippen LogP contribution in [0.25, 0.3) is 0 Å². The van der Waals surface area contributed by atoms with Gasteiger partial charge in [0.2, 0.25) is 0 Å². The molecule has 2 heterocycles. The molecule has 0 saturated heterocycles. The molecule has 0 fully saturated rings. The number of nitrogens with one attached hydrogen (secondary N) is 1. The minimum absolute atomic E-state index is 0.0296. The van der Waals surface area contributed by atoms with E-state index in [1.165, 1.54) is 10.9 Å². The lowest BCUT2D eigenvalue weighted by molar-refractivity contribution is -0.389. The summed E-state index contributed by atoms with van der Waals surface area (Å²) in [5, 5.41) is 17.8. The fourth-order valence-electron chi connectivity index (χ4n) is 1.73. The predicted octanol–water partition coefficient (Wildman–Crippen LogP) is 2.71. The van der Waals surface area contributed by atoms with E-state index < -0.39 is 4.92 Å². The van der Waals surface area contributed by atoms with Crippen molar-refractivity contribution in [2.75, 3.05) is 11.9 Å².